The van der Waals surface area contributed by atoms with Gasteiger partial charge in [-0.25, -0.2) is 9.59 Å². The van der Waals surface area contributed by atoms with E-state index in [-0.39, 0.29) is 6.29 Å². The second-order valence-corrected chi connectivity index (χ2v) is 3.32. The number of hydrogen-bond acceptors (Lipinski definition) is 8. The summed E-state index contributed by atoms with van der Waals surface area (Å²) in [7, 11) is 1.06. The van der Waals surface area contributed by atoms with Gasteiger partial charge >= 0.3 is 12.3 Å². The lowest BCUT2D eigenvalue weighted by molar-refractivity contribution is -0.145. The van der Waals surface area contributed by atoms with Crippen molar-refractivity contribution < 1.29 is 49.0 Å². The molecule has 0 aliphatic rings. The normalized spacial score (nSPS) is 16.8. The lowest BCUT2D eigenvalue weighted by Crippen LogP contribution is -2.49. The van der Waals surface area contributed by atoms with Gasteiger partial charge in [-0.15, -0.1) is 0 Å². The molecule has 0 saturated heterocycles. The van der Waals surface area contributed by atoms with Crippen molar-refractivity contribution in [2.24, 2.45) is 0 Å². The zero-order valence-corrected chi connectivity index (χ0v) is 9.83. The first-order valence-corrected chi connectivity index (χ1v) is 4.93. The zero-order chi connectivity index (χ0) is 15.0. The summed E-state index contributed by atoms with van der Waals surface area (Å²) in [6, 6.07) is 0. The van der Waals surface area contributed by atoms with Gasteiger partial charge in [0.2, 0.25) is 0 Å². The zero-order valence-electron chi connectivity index (χ0n) is 9.83. The van der Waals surface area contributed by atoms with E-state index in [9.17, 15) is 24.6 Å². The van der Waals surface area contributed by atoms with E-state index in [1.54, 1.807) is 0 Å². The number of ether oxygens (including phenoxy) is 3. The Bertz CT molecular complexity index is 316. The van der Waals surface area contributed by atoms with Gasteiger partial charge in [0.15, 0.2) is 18.5 Å². The van der Waals surface area contributed by atoms with Gasteiger partial charge in [0.1, 0.15) is 18.8 Å². The number of hydrogen-bond donors (Lipinski definition) is 4. The maximum absolute atomic E-state index is 10.6. The van der Waals surface area contributed by atoms with Crippen molar-refractivity contribution in [1.82, 2.24) is 0 Å². The molecule has 0 amide bonds. The number of aliphatic hydroxyl groups excluding tert-OH is 2. The predicted octanol–water partition coefficient (Wildman–Crippen LogP) is -1.32. The van der Waals surface area contributed by atoms with Crippen LogP contribution in [0.3, 0.4) is 0 Å². The number of carboxylic acid groups (broad SMARTS) is 2. The van der Waals surface area contributed by atoms with Gasteiger partial charge in [-0.1, -0.05) is 0 Å². The molecule has 0 aliphatic carbocycles. The lowest BCUT2D eigenvalue weighted by Gasteiger charge is -2.28. The van der Waals surface area contributed by atoms with E-state index in [1.807, 2.05) is 0 Å². The third-order valence-corrected chi connectivity index (χ3v) is 2.08. The fourth-order valence-corrected chi connectivity index (χ4v) is 1.19. The highest BCUT2D eigenvalue weighted by Crippen LogP contribution is 2.12. The predicted molar refractivity (Wildman–Crippen MR) is 55.7 cm³/mol. The molecular formula is C9H14O10. The van der Waals surface area contributed by atoms with Crippen molar-refractivity contribution in [3.05, 3.63) is 0 Å². The molecule has 4 atom stereocenters. The van der Waals surface area contributed by atoms with Crippen LogP contribution in [0.1, 0.15) is 0 Å². The molecule has 19 heavy (non-hydrogen) atoms. The number of carbonyl (C=O) groups excluding carboxylic acids is 1. The molecule has 0 unspecified atom stereocenters. The maximum Gasteiger partial charge on any atom is 0.506 e. The van der Waals surface area contributed by atoms with Crippen molar-refractivity contribution in [3.8, 4) is 0 Å². The van der Waals surface area contributed by atoms with E-state index in [1.165, 1.54) is 0 Å². The van der Waals surface area contributed by atoms with E-state index in [4.69, 9.17) is 10.2 Å². The van der Waals surface area contributed by atoms with Crippen molar-refractivity contribution in [2.45, 2.75) is 24.4 Å². The lowest BCUT2D eigenvalue weighted by atomic mass is 10.0. The van der Waals surface area contributed by atoms with Crippen LogP contribution in [0, 0.1) is 0 Å². The SMILES string of the molecule is CO[C@@H](C=O)[C@@H](OC(=O)O)[C@H](O)[C@H](O)COC(=O)O. The van der Waals surface area contributed by atoms with Crippen LogP contribution in [0.15, 0.2) is 0 Å². The molecule has 0 fully saturated rings. The Labute approximate surface area is 107 Å². The number of carbonyl (C=O) groups is 3. The van der Waals surface area contributed by atoms with Gasteiger partial charge in [-0.05, 0) is 0 Å². The van der Waals surface area contributed by atoms with Gasteiger partial charge < -0.3 is 39.4 Å². The van der Waals surface area contributed by atoms with E-state index < -0.39 is 43.3 Å². The van der Waals surface area contributed by atoms with Crippen LogP contribution in [0.5, 0.6) is 0 Å². The molecule has 110 valence electrons. The third-order valence-electron chi connectivity index (χ3n) is 2.08. The van der Waals surface area contributed by atoms with Gasteiger partial charge in [0, 0.05) is 7.11 Å². The molecule has 4 N–H and O–H groups in total. The largest absolute Gasteiger partial charge is 0.506 e. The van der Waals surface area contributed by atoms with Crippen molar-refractivity contribution in [3.63, 3.8) is 0 Å². The molecule has 0 aromatic rings. The van der Waals surface area contributed by atoms with Crippen molar-refractivity contribution in [2.75, 3.05) is 13.7 Å². The van der Waals surface area contributed by atoms with Crippen LogP contribution in [0.4, 0.5) is 9.59 Å². The minimum atomic E-state index is -1.91. The van der Waals surface area contributed by atoms with E-state index >= 15 is 0 Å². The number of aldehydes is 1. The Morgan fingerprint density at radius 3 is 2.16 bits per heavy atom. The molecule has 0 aliphatic heterocycles. The summed E-state index contributed by atoms with van der Waals surface area (Å²) >= 11 is 0. The Morgan fingerprint density at radius 1 is 1.21 bits per heavy atom. The van der Waals surface area contributed by atoms with E-state index in [0.717, 1.165) is 7.11 Å². The highest BCUT2D eigenvalue weighted by Gasteiger charge is 2.37. The summed E-state index contributed by atoms with van der Waals surface area (Å²) in [6.07, 6.45) is -10.2. The fourth-order valence-electron chi connectivity index (χ4n) is 1.19. The molecule has 10 nitrogen and oxygen atoms in total. The summed E-state index contributed by atoms with van der Waals surface area (Å²) in [6.45, 7) is -0.828. The fraction of sp³-hybridized carbons (Fsp3) is 0.667. The first-order chi connectivity index (χ1) is 8.83. The van der Waals surface area contributed by atoms with Crippen LogP contribution in [-0.4, -0.2) is 77.2 Å². The van der Waals surface area contributed by atoms with Crippen LogP contribution in [0.25, 0.3) is 0 Å². The van der Waals surface area contributed by atoms with Crippen LogP contribution in [0.2, 0.25) is 0 Å². The van der Waals surface area contributed by atoms with Gasteiger partial charge in [-0.3, -0.25) is 0 Å². The van der Waals surface area contributed by atoms with E-state index in [2.05, 4.69) is 14.2 Å². The molecular weight excluding hydrogens is 268 g/mol. The van der Waals surface area contributed by atoms with Gasteiger partial charge in [0.05, 0.1) is 0 Å². The Balaban J connectivity index is 4.77. The summed E-state index contributed by atoms with van der Waals surface area (Å²) in [5.74, 6) is 0. The maximum atomic E-state index is 10.6. The summed E-state index contributed by atoms with van der Waals surface area (Å²) in [4.78, 5) is 31.2. The number of rotatable bonds is 8. The highest BCUT2D eigenvalue weighted by atomic mass is 16.7. The smallest absolute Gasteiger partial charge is 0.450 e. The molecule has 0 saturated carbocycles. The first kappa shape index (κ1) is 17.1. The average molecular weight is 282 g/mol. The molecule has 0 heterocycles. The van der Waals surface area contributed by atoms with Gasteiger partial charge in [0.25, 0.3) is 0 Å². The number of aliphatic hydroxyl groups is 2. The minimum Gasteiger partial charge on any atom is -0.450 e. The van der Waals surface area contributed by atoms with Crippen molar-refractivity contribution >= 4 is 18.6 Å². The average Bonchev–Trinajstić information content (AvgIpc) is 2.34. The Hall–Kier alpha value is -1.91. The second kappa shape index (κ2) is 8.24. The summed E-state index contributed by atoms with van der Waals surface area (Å²) in [5, 5.41) is 35.7. The standard InChI is InChI=1S/C9H14O10/c1-17-5(2-10)7(19-9(15)16)6(12)4(11)3-18-8(13)14/h2,4-7,11-12H,3H2,1H3,(H,13,14)(H,15,16)/t4-,5+,6-,7-/m1/s1. The quantitative estimate of drug-likeness (QED) is 0.310. The van der Waals surface area contributed by atoms with Crippen molar-refractivity contribution in [1.29, 1.82) is 0 Å². The molecule has 0 spiro atoms. The molecule has 0 aromatic heterocycles. The molecule has 10 heteroatoms. The Kier molecular flexibility index (Phi) is 7.41. The monoisotopic (exact) mass is 282 g/mol. The third kappa shape index (κ3) is 5.99. The molecule has 0 radical (unpaired) electrons. The molecule has 0 rings (SSSR count). The second-order valence-electron chi connectivity index (χ2n) is 3.32. The highest BCUT2D eigenvalue weighted by molar-refractivity contribution is 5.61. The topological polar surface area (TPSA) is 160 Å². The summed E-state index contributed by atoms with van der Waals surface area (Å²) in [5.41, 5.74) is 0. The molecule has 0 aromatic carbocycles. The molecule has 0 bridgehead atoms. The Morgan fingerprint density at radius 2 is 1.79 bits per heavy atom. The number of methoxy groups -OCH3 is 1. The van der Waals surface area contributed by atoms with Crippen LogP contribution >= 0.6 is 0 Å². The van der Waals surface area contributed by atoms with Crippen LogP contribution < -0.4 is 0 Å². The summed E-state index contributed by atoms with van der Waals surface area (Å²) < 4.78 is 12.8. The van der Waals surface area contributed by atoms with Gasteiger partial charge in [-0.2, -0.15) is 0 Å². The van der Waals surface area contributed by atoms with Crippen LogP contribution in [-0.2, 0) is 19.0 Å². The first-order valence-electron chi connectivity index (χ1n) is 4.93. The minimum absolute atomic E-state index is 0.168. The van der Waals surface area contributed by atoms with E-state index in [0.29, 0.717) is 0 Å².